The Bertz CT molecular complexity index is 824. The van der Waals surface area contributed by atoms with Gasteiger partial charge < -0.3 is 4.90 Å². The summed E-state index contributed by atoms with van der Waals surface area (Å²) in [5.74, 6) is 1.37. The number of fused-ring (bicyclic) bond motifs is 1. The van der Waals surface area contributed by atoms with E-state index in [2.05, 4.69) is 52.0 Å². The van der Waals surface area contributed by atoms with E-state index in [0.29, 0.717) is 10.9 Å². The molecule has 3 aromatic rings. The first kappa shape index (κ1) is 13.8. The van der Waals surface area contributed by atoms with Gasteiger partial charge in [0.1, 0.15) is 17.3 Å². The van der Waals surface area contributed by atoms with Crippen molar-refractivity contribution in [3.63, 3.8) is 0 Å². The zero-order valence-corrected chi connectivity index (χ0v) is 13.2. The molecule has 0 amide bonds. The van der Waals surface area contributed by atoms with E-state index >= 15 is 0 Å². The lowest BCUT2D eigenvalue weighted by Crippen LogP contribution is -2.17. The Balaban J connectivity index is 2.23. The van der Waals surface area contributed by atoms with Crippen LogP contribution in [0.5, 0.6) is 0 Å². The van der Waals surface area contributed by atoms with Crippen LogP contribution in [0.25, 0.3) is 5.78 Å². The molecule has 1 aromatic carbocycles. The predicted octanol–water partition coefficient (Wildman–Crippen LogP) is 3.47. The summed E-state index contributed by atoms with van der Waals surface area (Å²) in [6.45, 7) is 6.11. The maximum absolute atomic E-state index is 6.23. The highest BCUT2D eigenvalue weighted by Gasteiger charge is 2.18. The molecular formula is C15H16ClN5. The number of anilines is 2. The fourth-order valence-corrected chi connectivity index (χ4v) is 2.73. The molecule has 5 nitrogen and oxygen atoms in total. The Kier molecular flexibility index (Phi) is 3.29. The first-order valence-electron chi connectivity index (χ1n) is 6.66. The normalized spacial score (nSPS) is 11.1. The summed E-state index contributed by atoms with van der Waals surface area (Å²) in [5, 5.41) is 4.70. The minimum absolute atomic E-state index is 0.446. The molecule has 0 aliphatic heterocycles. The Morgan fingerprint density at radius 2 is 1.95 bits per heavy atom. The van der Waals surface area contributed by atoms with E-state index in [9.17, 15) is 0 Å². The van der Waals surface area contributed by atoms with Crippen LogP contribution in [-0.4, -0.2) is 26.6 Å². The third-order valence-corrected chi connectivity index (χ3v) is 3.97. The van der Waals surface area contributed by atoms with Gasteiger partial charge in [-0.2, -0.15) is 19.6 Å². The summed E-state index contributed by atoms with van der Waals surface area (Å²) in [5.41, 5.74) is 4.40. The highest BCUT2D eigenvalue weighted by molar-refractivity contribution is 6.30. The average molecular weight is 302 g/mol. The van der Waals surface area contributed by atoms with Crippen LogP contribution < -0.4 is 4.90 Å². The van der Waals surface area contributed by atoms with Crippen LogP contribution in [0.4, 0.5) is 11.5 Å². The molecule has 0 unspecified atom stereocenters. The number of aryl methyl sites for hydroxylation is 2. The number of halogens is 1. The summed E-state index contributed by atoms with van der Waals surface area (Å²) in [7, 11) is 2.00. The quantitative estimate of drug-likeness (QED) is 0.680. The molecule has 108 valence electrons. The van der Waals surface area contributed by atoms with Crippen LogP contribution in [-0.2, 0) is 0 Å². The lowest BCUT2D eigenvalue weighted by atomic mass is 10.1. The van der Waals surface area contributed by atoms with E-state index in [-0.39, 0.29) is 0 Å². The molecular weight excluding hydrogens is 286 g/mol. The van der Waals surface area contributed by atoms with Crippen molar-refractivity contribution in [2.75, 3.05) is 11.9 Å². The topological polar surface area (TPSA) is 46.3 Å². The van der Waals surface area contributed by atoms with E-state index in [0.717, 1.165) is 17.1 Å². The van der Waals surface area contributed by atoms with Crippen molar-refractivity contribution in [3.05, 3.63) is 46.4 Å². The molecule has 0 bridgehead atoms. The van der Waals surface area contributed by atoms with Crippen LogP contribution in [0.2, 0.25) is 5.15 Å². The zero-order chi connectivity index (χ0) is 15.1. The van der Waals surface area contributed by atoms with Gasteiger partial charge in [0.2, 0.25) is 0 Å². The fourth-order valence-electron chi connectivity index (χ4n) is 2.57. The number of aromatic nitrogens is 4. The standard InChI is InChI=1S/C15H16ClN5/c1-9-5-6-12(10(2)7-9)20(4)14-11(3)13(16)19-15-17-8-18-21(14)15/h5-8H,1-4H3. The first-order valence-corrected chi connectivity index (χ1v) is 7.03. The minimum atomic E-state index is 0.446. The molecule has 2 heterocycles. The van der Waals surface area contributed by atoms with Crippen molar-refractivity contribution in [2.24, 2.45) is 0 Å². The molecule has 6 heteroatoms. The second kappa shape index (κ2) is 5.00. The van der Waals surface area contributed by atoms with E-state index in [1.165, 1.54) is 17.5 Å². The fraction of sp³-hybridized carbons (Fsp3) is 0.267. The molecule has 0 saturated heterocycles. The van der Waals surface area contributed by atoms with E-state index < -0.39 is 0 Å². The van der Waals surface area contributed by atoms with Crippen molar-refractivity contribution in [1.82, 2.24) is 19.6 Å². The van der Waals surface area contributed by atoms with E-state index in [1.807, 2.05) is 14.0 Å². The highest BCUT2D eigenvalue weighted by Crippen LogP contribution is 2.32. The van der Waals surface area contributed by atoms with E-state index in [4.69, 9.17) is 11.6 Å². The van der Waals surface area contributed by atoms with Gasteiger partial charge in [0.15, 0.2) is 0 Å². The Hall–Kier alpha value is -2.14. The molecule has 21 heavy (non-hydrogen) atoms. The average Bonchev–Trinajstić information content (AvgIpc) is 2.87. The summed E-state index contributed by atoms with van der Waals surface area (Å²) in [6, 6.07) is 6.35. The summed E-state index contributed by atoms with van der Waals surface area (Å²) >= 11 is 6.23. The SMILES string of the molecule is Cc1ccc(N(C)c2c(C)c(Cl)nc3ncnn23)c(C)c1. The smallest absolute Gasteiger partial charge is 0.255 e. The van der Waals surface area contributed by atoms with Crippen LogP contribution in [0.15, 0.2) is 24.5 Å². The van der Waals surface area contributed by atoms with Crippen LogP contribution in [0, 0.1) is 20.8 Å². The molecule has 0 fully saturated rings. The molecule has 0 aliphatic rings. The van der Waals surface area contributed by atoms with Gasteiger partial charge in [-0.3, -0.25) is 0 Å². The molecule has 0 N–H and O–H groups in total. The predicted molar refractivity (Wildman–Crippen MR) is 84.5 cm³/mol. The van der Waals surface area contributed by atoms with Crippen molar-refractivity contribution in [2.45, 2.75) is 20.8 Å². The molecule has 0 spiro atoms. The first-order chi connectivity index (χ1) is 9.99. The molecule has 0 saturated carbocycles. The van der Waals surface area contributed by atoms with Gasteiger partial charge in [0.25, 0.3) is 5.78 Å². The summed E-state index contributed by atoms with van der Waals surface area (Å²) in [6.07, 6.45) is 1.48. The molecule has 0 aliphatic carbocycles. The van der Waals surface area contributed by atoms with Crippen molar-refractivity contribution >= 4 is 28.9 Å². The Morgan fingerprint density at radius 1 is 1.19 bits per heavy atom. The Morgan fingerprint density at radius 3 is 2.67 bits per heavy atom. The van der Waals surface area contributed by atoms with Gasteiger partial charge >= 0.3 is 0 Å². The molecule has 0 atom stereocenters. The highest BCUT2D eigenvalue weighted by atomic mass is 35.5. The van der Waals surface area contributed by atoms with Crippen LogP contribution in [0.1, 0.15) is 16.7 Å². The monoisotopic (exact) mass is 301 g/mol. The van der Waals surface area contributed by atoms with Gasteiger partial charge in [0, 0.05) is 18.3 Å². The lowest BCUT2D eigenvalue weighted by molar-refractivity contribution is 0.899. The van der Waals surface area contributed by atoms with Crippen LogP contribution >= 0.6 is 11.6 Å². The van der Waals surface area contributed by atoms with Gasteiger partial charge in [-0.05, 0) is 32.4 Å². The number of hydrogen-bond donors (Lipinski definition) is 0. The number of rotatable bonds is 2. The van der Waals surface area contributed by atoms with Gasteiger partial charge in [-0.15, -0.1) is 0 Å². The van der Waals surface area contributed by atoms with Gasteiger partial charge in [0.05, 0.1) is 0 Å². The third kappa shape index (κ3) is 2.23. The summed E-state index contributed by atoms with van der Waals surface area (Å²) < 4.78 is 1.71. The van der Waals surface area contributed by atoms with Gasteiger partial charge in [-0.1, -0.05) is 29.3 Å². The van der Waals surface area contributed by atoms with Gasteiger partial charge in [-0.25, -0.2) is 0 Å². The number of hydrogen-bond acceptors (Lipinski definition) is 4. The largest absolute Gasteiger partial charge is 0.329 e. The second-order valence-corrected chi connectivity index (χ2v) is 5.53. The molecule has 3 rings (SSSR count). The van der Waals surface area contributed by atoms with Crippen molar-refractivity contribution < 1.29 is 0 Å². The minimum Gasteiger partial charge on any atom is -0.329 e. The number of benzene rings is 1. The second-order valence-electron chi connectivity index (χ2n) is 5.17. The third-order valence-electron chi connectivity index (χ3n) is 3.60. The van der Waals surface area contributed by atoms with Crippen molar-refractivity contribution in [1.29, 1.82) is 0 Å². The Labute approximate surface area is 128 Å². The molecule has 2 aromatic heterocycles. The van der Waals surface area contributed by atoms with Crippen molar-refractivity contribution in [3.8, 4) is 0 Å². The zero-order valence-electron chi connectivity index (χ0n) is 12.4. The number of nitrogens with zero attached hydrogens (tertiary/aromatic N) is 5. The maximum atomic E-state index is 6.23. The summed E-state index contributed by atoms with van der Waals surface area (Å²) in [4.78, 5) is 10.4. The lowest BCUT2D eigenvalue weighted by Gasteiger charge is -2.24. The molecule has 0 radical (unpaired) electrons. The maximum Gasteiger partial charge on any atom is 0.255 e. The van der Waals surface area contributed by atoms with Crippen LogP contribution in [0.3, 0.4) is 0 Å². The van der Waals surface area contributed by atoms with E-state index in [1.54, 1.807) is 4.52 Å².